The number of hydrogen-bond acceptors (Lipinski definition) is 4. The summed E-state index contributed by atoms with van der Waals surface area (Å²) in [6.07, 6.45) is 0.760. The molecule has 0 spiro atoms. The fourth-order valence-corrected chi connectivity index (χ4v) is 2.17. The fourth-order valence-electron chi connectivity index (χ4n) is 2.17. The Hall–Kier alpha value is -1.92. The predicted octanol–water partition coefficient (Wildman–Crippen LogP) is 0.804. The molecule has 0 aliphatic heterocycles. The quantitative estimate of drug-likeness (QED) is 0.662. The smallest absolute Gasteiger partial charge is 0.242 e. The molecule has 0 saturated carbocycles. The Labute approximate surface area is 144 Å². The van der Waals surface area contributed by atoms with Crippen LogP contribution < -0.4 is 11.1 Å². The second-order valence-corrected chi connectivity index (χ2v) is 6.10. The summed E-state index contributed by atoms with van der Waals surface area (Å²) in [5, 5.41) is 2.62. The van der Waals surface area contributed by atoms with Crippen molar-refractivity contribution in [1.29, 1.82) is 0 Å². The van der Waals surface area contributed by atoms with Crippen LogP contribution in [0.15, 0.2) is 30.3 Å². The lowest BCUT2D eigenvalue weighted by molar-refractivity contribution is -0.133. The van der Waals surface area contributed by atoms with Gasteiger partial charge >= 0.3 is 0 Å². The van der Waals surface area contributed by atoms with Gasteiger partial charge in [-0.05, 0) is 17.9 Å². The summed E-state index contributed by atoms with van der Waals surface area (Å²) >= 11 is 0. The van der Waals surface area contributed by atoms with Crippen molar-refractivity contribution in [2.24, 2.45) is 11.7 Å². The Balaban J connectivity index is 2.53. The van der Waals surface area contributed by atoms with Crippen LogP contribution in [0.5, 0.6) is 0 Å². The van der Waals surface area contributed by atoms with Gasteiger partial charge in [-0.15, -0.1) is 0 Å². The minimum atomic E-state index is -0.602. The minimum absolute atomic E-state index is 0.0303. The van der Waals surface area contributed by atoms with Crippen LogP contribution in [0.25, 0.3) is 0 Å². The van der Waals surface area contributed by atoms with Crippen molar-refractivity contribution in [3.63, 3.8) is 0 Å². The van der Waals surface area contributed by atoms with Gasteiger partial charge in [0.15, 0.2) is 0 Å². The maximum atomic E-state index is 12.4. The van der Waals surface area contributed by atoms with E-state index in [0.717, 1.165) is 6.42 Å². The summed E-state index contributed by atoms with van der Waals surface area (Å²) < 4.78 is 5.07. The van der Waals surface area contributed by atoms with Crippen LogP contribution in [-0.4, -0.2) is 56.1 Å². The highest BCUT2D eigenvalue weighted by molar-refractivity contribution is 5.87. The van der Waals surface area contributed by atoms with Gasteiger partial charge in [-0.2, -0.15) is 0 Å². The summed E-state index contributed by atoms with van der Waals surface area (Å²) in [4.78, 5) is 26.0. The van der Waals surface area contributed by atoms with Crippen LogP contribution in [0.2, 0.25) is 0 Å². The Morgan fingerprint density at radius 2 is 1.88 bits per heavy atom. The first-order valence-corrected chi connectivity index (χ1v) is 8.29. The molecule has 6 heteroatoms. The Bertz CT molecular complexity index is 505. The molecule has 0 heterocycles. The van der Waals surface area contributed by atoms with Crippen molar-refractivity contribution in [1.82, 2.24) is 10.2 Å². The Morgan fingerprint density at radius 1 is 1.21 bits per heavy atom. The van der Waals surface area contributed by atoms with Crippen LogP contribution in [-0.2, 0) is 20.7 Å². The molecule has 1 rings (SSSR count). The van der Waals surface area contributed by atoms with E-state index in [1.807, 2.05) is 44.2 Å². The van der Waals surface area contributed by atoms with Crippen LogP contribution in [0.4, 0.5) is 0 Å². The molecule has 1 aromatic carbocycles. The van der Waals surface area contributed by atoms with Crippen molar-refractivity contribution in [3.05, 3.63) is 35.9 Å². The van der Waals surface area contributed by atoms with Crippen LogP contribution in [0, 0.1) is 5.92 Å². The molecule has 0 aliphatic carbocycles. The number of nitrogens with two attached hydrogens (primary N) is 1. The minimum Gasteiger partial charge on any atom is -0.383 e. The molecule has 0 saturated heterocycles. The first-order chi connectivity index (χ1) is 11.5. The van der Waals surface area contributed by atoms with E-state index in [4.69, 9.17) is 10.5 Å². The predicted molar refractivity (Wildman–Crippen MR) is 94.4 cm³/mol. The SMILES string of the molecule is COCCN(CCc1ccccc1)C(=O)CNC(=O)[C@@H](N)C(C)C. The van der Waals surface area contributed by atoms with Gasteiger partial charge in [0.25, 0.3) is 0 Å². The third kappa shape index (κ3) is 7.10. The van der Waals surface area contributed by atoms with Gasteiger partial charge in [-0.25, -0.2) is 0 Å². The maximum Gasteiger partial charge on any atom is 0.242 e. The number of nitrogens with one attached hydrogen (secondary N) is 1. The van der Waals surface area contributed by atoms with E-state index in [2.05, 4.69) is 5.32 Å². The molecule has 3 N–H and O–H groups in total. The third-order valence-corrected chi connectivity index (χ3v) is 3.87. The zero-order chi connectivity index (χ0) is 17.9. The summed E-state index contributed by atoms with van der Waals surface area (Å²) in [6.45, 7) is 5.23. The van der Waals surface area contributed by atoms with Gasteiger partial charge in [-0.3, -0.25) is 9.59 Å². The number of ether oxygens (including phenoxy) is 1. The monoisotopic (exact) mass is 335 g/mol. The van der Waals surface area contributed by atoms with E-state index in [1.54, 1.807) is 12.0 Å². The summed E-state index contributed by atoms with van der Waals surface area (Å²) in [5.74, 6) is -0.400. The molecular formula is C18H29N3O3. The number of carbonyl (C=O) groups is 2. The van der Waals surface area contributed by atoms with Crippen molar-refractivity contribution in [2.75, 3.05) is 33.4 Å². The highest BCUT2D eigenvalue weighted by atomic mass is 16.5. The average molecular weight is 335 g/mol. The van der Waals surface area contributed by atoms with E-state index in [1.165, 1.54) is 5.56 Å². The molecule has 24 heavy (non-hydrogen) atoms. The number of methoxy groups -OCH3 is 1. The molecule has 1 aromatic rings. The van der Waals surface area contributed by atoms with Crippen molar-refractivity contribution >= 4 is 11.8 Å². The van der Waals surface area contributed by atoms with Crippen molar-refractivity contribution in [2.45, 2.75) is 26.3 Å². The van der Waals surface area contributed by atoms with E-state index in [9.17, 15) is 9.59 Å². The molecule has 0 radical (unpaired) electrons. The molecule has 6 nitrogen and oxygen atoms in total. The van der Waals surface area contributed by atoms with Gasteiger partial charge in [0.1, 0.15) is 0 Å². The highest BCUT2D eigenvalue weighted by Crippen LogP contribution is 2.02. The molecule has 0 aliphatic rings. The van der Waals surface area contributed by atoms with E-state index in [-0.39, 0.29) is 24.3 Å². The zero-order valence-corrected chi connectivity index (χ0v) is 14.8. The van der Waals surface area contributed by atoms with Gasteiger partial charge in [0.05, 0.1) is 19.2 Å². The number of nitrogens with zero attached hydrogens (tertiary/aromatic N) is 1. The second-order valence-electron chi connectivity index (χ2n) is 6.10. The van der Waals surface area contributed by atoms with Gasteiger partial charge in [-0.1, -0.05) is 44.2 Å². The van der Waals surface area contributed by atoms with Crippen LogP contribution in [0.3, 0.4) is 0 Å². The molecule has 1 atom stereocenters. The molecule has 0 aromatic heterocycles. The van der Waals surface area contributed by atoms with Gasteiger partial charge in [0, 0.05) is 20.2 Å². The van der Waals surface area contributed by atoms with Crippen LogP contribution >= 0.6 is 0 Å². The molecule has 0 bridgehead atoms. The second kappa shape index (κ2) is 10.8. The molecule has 2 amide bonds. The molecule has 0 unspecified atom stereocenters. The first kappa shape index (κ1) is 20.1. The standard InChI is InChI=1S/C18H29N3O3/c1-14(2)17(19)18(23)20-13-16(22)21(11-12-24-3)10-9-15-7-5-4-6-8-15/h4-8,14,17H,9-13,19H2,1-3H3,(H,20,23)/t17-/m0/s1. The lowest BCUT2D eigenvalue weighted by Gasteiger charge is -2.23. The highest BCUT2D eigenvalue weighted by Gasteiger charge is 2.19. The van der Waals surface area contributed by atoms with Crippen LogP contribution in [0.1, 0.15) is 19.4 Å². The number of carbonyl (C=O) groups excluding carboxylic acids is 2. The third-order valence-electron chi connectivity index (χ3n) is 3.87. The zero-order valence-electron chi connectivity index (χ0n) is 14.8. The lowest BCUT2D eigenvalue weighted by atomic mass is 10.1. The molecule has 134 valence electrons. The summed E-state index contributed by atoms with van der Waals surface area (Å²) in [6, 6.07) is 9.37. The fraction of sp³-hybridized carbons (Fsp3) is 0.556. The average Bonchev–Trinajstić information content (AvgIpc) is 2.59. The summed E-state index contributed by atoms with van der Waals surface area (Å²) in [7, 11) is 1.60. The van der Waals surface area contributed by atoms with E-state index >= 15 is 0 Å². The van der Waals surface area contributed by atoms with Gasteiger partial charge in [0.2, 0.25) is 11.8 Å². The number of amides is 2. The largest absolute Gasteiger partial charge is 0.383 e. The Morgan fingerprint density at radius 3 is 2.46 bits per heavy atom. The number of benzene rings is 1. The topological polar surface area (TPSA) is 84.7 Å². The van der Waals surface area contributed by atoms with E-state index < -0.39 is 6.04 Å². The van der Waals surface area contributed by atoms with Crippen molar-refractivity contribution in [3.8, 4) is 0 Å². The number of rotatable bonds is 10. The normalized spacial score (nSPS) is 12.0. The first-order valence-electron chi connectivity index (χ1n) is 8.29. The summed E-state index contributed by atoms with van der Waals surface area (Å²) in [5.41, 5.74) is 6.95. The number of hydrogen-bond donors (Lipinski definition) is 2. The van der Waals surface area contributed by atoms with Gasteiger partial charge < -0.3 is 20.7 Å². The van der Waals surface area contributed by atoms with E-state index in [0.29, 0.717) is 19.7 Å². The lowest BCUT2D eigenvalue weighted by Crippen LogP contribution is -2.48. The maximum absolute atomic E-state index is 12.4. The molecule has 0 fully saturated rings. The molecular weight excluding hydrogens is 306 g/mol. The van der Waals surface area contributed by atoms with Crippen molar-refractivity contribution < 1.29 is 14.3 Å². The Kier molecular flexibility index (Phi) is 9.04.